The summed E-state index contributed by atoms with van der Waals surface area (Å²) in [4.78, 5) is 14.2. The number of aromatic nitrogens is 2. The molecule has 0 spiro atoms. The number of rotatable bonds is 5. The number of aryl methyl sites for hydroxylation is 1. The Morgan fingerprint density at radius 1 is 1.08 bits per heavy atom. The molecule has 6 nitrogen and oxygen atoms in total. The predicted octanol–water partition coefficient (Wildman–Crippen LogP) is 6.22. The molecule has 37 heavy (non-hydrogen) atoms. The number of hydrogen-bond acceptors (Lipinski definition) is 4. The van der Waals surface area contributed by atoms with Gasteiger partial charge in [0.1, 0.15) is 11.4 Å². The molecule has 1 amide bonds. The molecule has 0 unspecified atom stereocenters. The molecule has 2 aromatic carbocycles. The topological polar surface area (TPSA) is 56.6 Å². The number of ether oxygens (including phenoxy) is 2. The molecular formula is C27H31F4N3O3. The number of alkyl halides is 3. The lowest BCUT2D eigenvalue weighted by molar-refractivity contribution is -0.137. The van der Waals surface area contributed by atoms with Gasteiger partial charge in [-0.3, -0.25) is 4.68 Å². The number of carbonyl (C=O) groups is 1. The second-order valence-electron chi connectivity index (χ2n) is 10.6. The van der Waals surface area contributed by atoms with Gasteiger partial charge in [0, 0.05) is 42.7 Å². The third kappa shape index (κ3) is 6.23. The smallest absolute Gasteiger partial charge is 0.416 e. The van der Waals surface area contributed by atoms with Gasteiger partial charge in [0.05, 0.1) is 24.3 Å². The normalized spacial score (nSPS) is 16.3. The van der Waals surface area contributed by atoms with E-state index in [-0.39, 0.29) is 19.0 Å². The van der Waals surface area contributed by atoms with Crippen molar-refractivity contribution >= 4 is 17.0 Å². The van der Waals surface area contributed by atoms with E-state index in [0.29, 0.717) is 42.4 Å². The Kier molecular flexibility index (Phi) is 7.25. The first-order valence-corrected chi connectivity index (χ1v) is 12.1. The van der Waals surface area contributed by atoms with Gasteiger partial charge in [-0.15, -0.1) is 0 Å². The van der Waals surface area contributed by atoms with Crippen LogP contribution in [0.1, 0.15) is 50.3 Å². The van der Waals surface area contributed by atoms with Gasteiger partial charge in [-0.2, -0.15) is 18.3 Å². The summed E-state index contributed by atoms with van der Waals surface area (Å²) in [5, 5.41) is 4.70. The maximum Gasteiger partial charge on any atom is 0.416 e. The molecule has 1 fully saturated rings. The fourth-order valence-corrected chi connectivity index (χ4v) is 4.72. The third-order valence-corrected chi connectivity index (χ3v) is 6.59. The van der Waals surface area contributed by atoms with Gasteiger partial charge >= 0.3 is 12.3 Å². The monoisotopic (exact) mass is 521 g/mol. The highest BCUT2D eigenvalue weighted by Gasteiger charge is 2.39. The van der Waals surface area contributed by atoms with Crippen LogP contribution in [-0.4, -0.2) is 46.1 Å². The number of amides is 1. The molecule has 0 bridgehead atoms. The highest BCUT2D eigenvalue weighted by Crippen LogP contribution is 2.38. The van der Waals surface area contributed by atoms with E-state index in [1.807, 2.05) is 0 Å². The Hall–Kier alpha value is -3.14. The maximum atomic E-state index is 13.7. The van der Waals surface area contributed by atoms with E-state index in [2.05, 4.69) is 5.10 Å². The summed E-state index contributed by atoms with van der Waals surface area (Å²) in [7, 11) is 1.65. The molecule has 200 valence electrons. The molecule has 1 aromatic heterocycles. The maximum absolute atomic E-state index is 13.7. The van der Waals surface area contributed by atoms with Crippen molar-refractivity contribution < 1.29 is 31.8 Å². The predicted molar refractivity (Wildman–Crippen MR) is 130 cm³/mol. The number of halogens is 4. The lowest BCUT2D eigenvalue weighted by Gasteiger charge is -2.42. The minimum absolute atomic E-state index is 0.0733. The molecule has 0 saturated carbocycles. The van der Waals surface area contributed by atoms with Gasteiger partial charge in [0.15, 0.2) is 0 Å². The molecule has 0 atom stereocenters. The number of nitrogens with zero attached hydrogens (tertiary/aromatic N) is 3. The Labute approximate surface area is 213 Å². The van der Waals surface area contributed by atoms with Crippen molar-refractivity contribution in [2.45, 2.75) is 57.4 Å². The van der Waals surface area contributed by atoms with Crippen LogP contribution >= 0.6 is 0 Å². The summed E-state index contributed by atoms with van der Waals surface area (Å²) in [5.74, 6) is -0.368. The molecule has 1 saturated heterocycles. The first kappa shape index (κ1) is 26.9. The Morgan fingerprint density at radius 3 is 2.32 bits per heavy atom. The van der Waals surface area contributed by atoms with Crippen LogP contribution in [0.2, 0.25) is 0 Å². The molecular weight excluding hydrogens is 490 g/mol. The second kappa shape index (κ2) is 9.96. The first-order valence-electron chi connectivity index (χ1n) is 12.1. The van der Waals surface area contributed by atoms with E-state index in [1.54, 1.807) is 51.0 Å². The zero-order valence-corrected chi connectivity index (χ0v) is 21.4. The highest BCUT2D eigenvalue weighted by atomic mass is 19.4. The number of hydrogen-bond donors (Lipinski definition) is 0. The molecule has 1 aliphatic heterocycles. The van der Waals surface area contributed by atoms with E-state index in [9.17, 15) is 22.4 Å². The average molecular weight is 522 g/mol. The van der Waals surface area contributed by atoms with Crippen LogP contribution in [-0.2, 0) is 34.7 Å². The van der Waals surface area contributed by atoms with Gasteiger partial charge in [-0.1, -0.05) is 12.1 Å². The lowest BCUT2D eigenvalue weighted by Crippen LogP contribution is -2.48. The number of likely N-dealkylation sites (tertiary alicyclic amines) is 1. The Morgan fingerprint density at radius 2 is 1.73 bits per heavy atom. The third-order valence-electron chi connectivity index (χ3n) is 6.59. The van der Waals surface area contributed by atoms with Crippen molar-refractivity contribution in [1.82, 2.24) is 14.7 Å². The van der Waals surface area contributed by atoms with Gasteiger partial charge in [-0.05, 0) is 63.4 Å². The minimum atomic E-state index is -4.50. The number of carbonyl (C=O) groups excluding carboxylic acids is 1. The average Bonchev–Trinajstić information content (AvgIpc) is 3.18. The zero-order chi connectivity index (χ0) is 27.0. The van der Waals surface area contributed by atoms with Crippen LogP contribution in [0.4, 0.5) is 22.4 Å². The Balaban J connectivity index is 1.55. The van der Waals surface area contributed by atoms with Gasteiger partial charge in [0.25, 0.3) is 0 Å². The molecule has 1 aliphatic rings. The van der Waals surface area contributed by atoms with Crippen molar-refractivity contribution in [3.63, 3.8) is 0 Å². The van der Waals surface area contributed by atoms with Gasteiger partial charge in [-0.25, -0.2) is 9.18 Å². The summed E-state index contributed by atoms with van der Waals surface area (Å²) in [5.41, 5.74) is -0.280. The van der Waals surface area contributed by atoms with Crippen LogP contribution < -0.4 is 0 Å². The molecule has 0 N–H and O–H groups in total. The molecule has 3 aromatic rings. The quantitative estimate of drug-likeness (QED) is 0.374. The molecule has 10 heteroatoms. The van der Waals surface area contributed by atoms with Crippen molar-refractivity contribution in [2.75, 3.05) is 19.7 Å². The zero-order valence-electron chi connectivity index (χ0n) is 21.4. The van der Waals surface area contributed by atoms with E-state index >= 15 is 0 Å². The molecule has 0 radical (unpaired) electrons. The summed E-state index contributed by atoms with van der Waals surface area (Å²) >= 11 is 0. The highest BCUT2D eigenvalue weighted by molar-refractivity contribution is 5.82. The van der Waals surface area contributed by atoms with Crippen molar-refractivity contribution in [3.8, 4) is 0 Å². The number of piperidine rings is 1. The van der Waals surface area contributed by atoms with Crippen LogP contribution in [0.3, 0.4) is 0 Å². The van der Waals surface area contributed by atoms with E-state index in [4.69, 9.17) is 9.47 Å². The molecule has 2 heterocycles. The summed E-state index contributed by atoms with van der Waals surface area (Å²) in [6.45, 7) is 6.34. The van der Waals surface area contributed by atoms with Crippen LogP contribution in [0.15, 0.2) is 42.6 Å². The fourth-order valence-electron chi connectivity index (χ4n) is 4.72. The van der Waals surface area contributed by atoms with E-state index in [1.165, 1.54) is 16.8 Å². The molecule has 4 rings (SSSR count). The SMILES string of the molecule is Cn1cc2cc(C(F)(F)F)cc(COCC3(c4ccc(F)cc4)CCN(C(=O)OC(C)(C)C)CC3)c2n1. The van der Waals surface area contributed by atoms with Gasteiger partial charge in [0.2, 0.25) is 0 Å². The molecule has 0 aliphatic carbocycles. The Bertz CT molecular complexity index is 1250. The minimum Gasteiger partial charge on any atom is -0.444 e. The van der Waals surface area contributed by atoms with Crippen molar-refractivity contribution in [3.05, 3.63) is 65.1 Å². The van der Waals surface area contributed by atoms with E-state index < -0.39 is 28.8 Å². The van der Waals surface area contributed by atoms with Crippen molar-refractivity contribution in [1.29, 1.82) is 0 Å². The summed E-state index contributed by atoms with van der Waals surface area (Å²) in [6.07, 6.45) is -2.30. The van der Waals surface area contributed by atoms with E-state index in [0.717, 1.165) is 17.7 Å². The fraction of sp³-hybridized carbons (Fsp3) is 0.481. The largest absolute Gasteiger partial charge is 0.444 e. The standard InChI is InChI=1S/C27H31F4N3O3/c1-25(2,3)37-24(35)34-11-9-26(10-12-34,20-5-7-22(28)8-6-20)17-36-16-19-14-21(27(29,30)31)13-18-15-33(4)32-23(18)19/h5-8,13-15H,9-12,16-17H2,1-4H3. The first-order chi connectivity index (χ1) is 17.3. The lowest BCUT2D eigenvalue weighted by atomic mass is 9.73. The summed E-state index contributed by atoms with van der Waals surface area (Å²) in [6, 6.07) is 8.30. The van der Waals surface area contributed by atoms with Crippen LogP contribution in [0.5, 0.6) is 0 Å². The number of benzene rings is 2. The van der Waals surface area contributed by atoms with Crippen LogP contribution in [0.25, 0.3) is 10.9 Å². The summed E-state index contributed by atoms with van der Waals surface area (Å²) < 4.78 is 67.2. The number of fused-ring (bicyclic) bond motifs is 1. The van der Waals surface area contributed by atoms with Gasteiger partial charge < -0.3 is 14.4 Å². The second-order valence-corrected chi connectivity index (χ2v) is 10.6. The van der Waals surface area contributed by atoms with Crippen LogP contribution in [0, 0.1) is 5.82 Å². The van der Waals surface area contributed by atoms with Crippen molar-refractivity contribution in [2.24, 2.45) is 7.05 Å².